The molecule has 1 aliphatic carbocycles. The topological polar surface area (TPSA) is 55.8 Å². The molecule has 0 aromatic heterocycles. The van der Waals surface area contributed by atoms with Gasteiger partial charge < -0.3 is 9.47 Å². The summed E-state index contributed by atoms with van der Waals surface area (Å²) in [6.45, 7) is 6.48. The lowest BCUT2D eigenvalue weighted by Crippen LogP contribution is -2.54. The fourth-order valence-electron chi connectivity index (χ4n) is 4.49. The molecule has 1 aliphatic heterocycles. The van der Waals surface area contributed by atoms with Crippen molar-refractivity contribution >= 4 is 11.9 Å². The van der Waals surface area contributed by atoms with Gasteiger partial charge in [-0.25, -0.2) is 4.79 Å². The van der Waals surface area contributed by atoms with E-state index < -0.39 is 12.1 Å². The van der Waals surface area contributed by atoms with E-state index in [-0.39, 0.29) is 23.5 Å². The molecule has 1 saturated carbocycles. The predicted molar refractivity (Wildman–Crippen MR) is 108 cm³/mol. The number of hydrogen-bond acceptors (Lipinski definition) is 5. The highest BCUT2D eigenvalue weighted by molar-refractivity contribution is 5.81. The first kappa shape index (κ1) is 20.8. The highest BCUT2D eigenvalue weighted by atomic mass is 16.6. The molecule has 5 heteroatoms. The first-order valence-corrected chi connectivity index (χ1v) is 10.5. The normalized spacial score (nSPS) is 26.6. The van der Waals surface area contributed by atoms with Crippen molar-refractivity contribution < 1.29 is 19.1 Å². The molecule has 28 heavy (non-hydrogen) atoms. The van der Waals surface area contributed by atoms with Gasteiger partial charge in [-0.2, -0.15) is 0 Å². The fraction of sp³-hybridized carbons (Fsp3) is 0.652. The lowest BCUT2D eigenvalue weighted by atomic mass is 9.85. The van der Waals surface area contributed by atoms with Gasteiger partial charge in [0.1, 0.15) is 6.10 Å². The maximum Gasteiger partial charge on any atom is 0.352 e. The van der Waals surface area contributed by atoms with E-state index in [9.17, 15) is 9.59 Å². The Labute approximate surface area is 168 Å². The van der Waals surface area contributed by atoms with E-state index in [0.717, 1.165) is 38.5 Å². The largest absolute Gasteiger partial charge is 0.459 e. The molecule has 2 aliphatic rings. The number of esters is 2. The van der Waals surface area contributed by atoms with Crippen molar-refractivity contribution in [3.63, 3.8) is 0 Å². The molecular weight excluding hydrogens is 354 g/mol. The van der Waals surface area contributed by atoms with Crippen LogP contribution in [0, 0.1) is 5.92 Å². The second-order valence-electron chi connectivity index (χ2n) is 8.98. The Balaban J connectivity index is 1.72. The van der Waals surface area contributed by atoms with Gasteiger partial charge in [0, 0.05) is 23.6 Å². The van der Waals surface area contributed by atoms with E-state index in [1.165, 1.54) is 0 Å². The Kier molecular flexibility index (Phi) is 6.43. The number of likely N-dealkylation sites (tertiary alicyclic amines) is 1. The minimum absolute atomic E-state index is 0.0502. The molecule has 1 heterocycles. The molecule has 0 bridgehead atoms. The third kappa shape index (κ3) is 4.75. The molecule has 3 rings (SSSR count). The van der Waals surface area contributed by atoms with Crippen molar-refractivity contribution in [1.29, 1.82) is 0 Å². The Bertz CT molecular complexity index is 681. The number of rotatable bonds is 5. The molecular formula is C23H33NO4. The molecule has 3 unspecified atom stereocenters. The number of benzene rings is 1. The zero-order valence-electron chi connectivity index (χ0n) is 17.5. The van der Waals surface area contributed by atoms with Crippen LogP contribution < -0.4 is 0 Å². The zero-order chi connectivity index (χ0) is 20.3. The van der Waals surface area contributed by atoms with Crippen molar-refractivity contribution in [3.05, 3.63) is 35.9 Å². The van der Waals surface area contributed by atoms with Gasteiger partial charge in [-0.15, -0.1) is 0 Å². The van der Waals surface area contributed by atoms with Gasteiger partial charge >= 0.3 is 11.9 Å². The van der Waals surface area contributed by atoms with E-state index in [2.05, 4.69) is 32.7 Å². The van der Waals surface area contributed by atoms with Crippen LogP contribution in [0.2, 0.25) is 0 Å². The molecule has 0 spiro atoms. The Morgan fingerprint density at radius 3 is 2.39 bits per heavy atom. The minimum Gasteiger partial charge on any atom is -0.459 e. The summed E-state index contributed by atoms with van der Waals surface area (Å²) in [5, 5.41) is 0. The third-order valence-electron chi connectivity index (χ3n) is 6.47. The summed E-state index contributed by atoms with van der Waals surface area (Å²) in [6, 6.07) is 9.52. The number of carbonyl (C=O) groups excluding carboxylic acids is 2. The lowest BCUT2D eigenvalue weighted by molar-refractivity contribution is -0.178. The maximum atomic E-state index is 13.0. The van der Waals surface area contributed by atoms with Crippen LogP contribution in [-0.2, 0) is 19.1 Å². The molecule has 5 nitrogen and oxygen atoms in total. The van der Waals surface area contributed by atoms with E-state index in [1.807, 2.05) is 30.3 Å². The smallest absolute Gasteiger partial charge is 0.352 e. The van der Waals surface area contributed by atoms with Crippen LogP contribution in [-0.4, -0.2) is 41.6 Å². The van der Waals surface area contributed by atoms with Gasteiger partial charge in [0.15, 0.2) is 0 Å². The fourth-order valence-corrected chi connectivity index (χ4v) is 4.49. The summed E-state index contributed by atoms with van der Waals surface area (Å²) in [6.07, 6.45) is 4.15. The first-order chi connectivity index (χ1) is 13.3. The van der Waals surface area contributed by atoms with Gasteiger partial charge in [0.25, 0.3) is 0 Å². The minimum atomic E-state index is -0.993. The Morgan fingerprint density at radius 1 is 1.14 bits per heavy atom. The van der Waals surface area contributed by atoms with Crippen molar-refractivity contribution in [2.75, 3.05) is 7.05 Å². The summed E-state index contributed by atoms with van der Waals surface area (Å²) in [4.78, 5) is 28.0. The molecule has 3 atom stereocenters. The molecule has 154 valence electrons. The van der Waals surface area contributed by atoms with Crippen LogP contribution in [0.25, 0.3) is 0 Å². The van der Waals surface area contributed by atoms with Crippen LogP contribution >= 0.6 is 0 Å². The molecule has 0 amide bonds. The second-order valence-corrected chi connectivity index (χ2v) is 8.98. The second kappa shape index (κ2) is 8.64. The molecule has 0 N–H and O–H groups in total. The summed E-state index contributed by atoms with van der Waals surface area (Å²) in [7, 11) is 2.11. The van der Waals surface area contributed by atoms with Crippen molar-refractivity contribution in [1.82, 2.24) is 4.90 Å². The van der Waals surface area contributed by atoms with Crippen molar-refractivity contribution in [3.8, 4) is 0 Å². The zero-order valence-corrected chi connectivity index (χ0v) is 17.5. The monoisotopic (exact) mass is 387 g/mol. The molecule has 1 aromatic carbocycles. The third-order valence-corrected chi connectivity index (χ3v) is 6.47. The van der Waals surface area contributed by atoms with E-state index >= 15 is 0 Å². The van der Waals surface area contributed by atoms with Crippen LogP contribution in [0.3, 0.4) is 0 Å². The van der Waals surface area contributed by atoms with Crippen LogP contribution in [0.5, 0.6) is 0 Å². The molecule has 1 saturated heterocycles. The lowest BCUT2D eigenvalue weighted by Gasteiger charge is -2.47. The van der Waals surface area contributed by atoms with E-state index in [0.29, 0.717) is 11.6 Å². The predicted octanol–water partition coefficient (Wildman–Crippen LogP) is 4.27. The van der Waals surface area contributed by atoms with E-state index in [1.54, 1.807) is 0 Å². The van der Waals surface area contributed by atoms with Gasteiger partial charge in [-0.3, -0.25) is 9.69 Å². The van der Waals surface area contributed by atoms with Gasteiger partial charge in [0.05, 0.1) is 5.92 Å². The Hall–Kier alpha value is -1.88. The summed E-state index contributed by atoms with van der Waals surface area (Å²) in [5.74, 6) is -0.836. The van der Waals surface area contributed by atoms with Gasteiger partial charge in [-0.1, -0.05) is 43.2 Å². The highest BCUT2D eigenvalue weighted by Crippen LogP contribution is 2.34. The Morgan fingerprint density at radius 2 is 1.79 bits per heavy atom. The first-order valence-electron chi connectivity index (χ1n) is 10.5. The van der Waals surface area contributed by atoms with Gasteiger partial charge in [0.2, 0.25) is 6.10 Å². The number of hydrogen-bond donors (Lipinski definition) is 0. The summed E-state index contributed by atoms with van der Waals surface area (Å²) in [5.41, 5.74) is 0.616. The van der Waals surface area contributed by atoms with Crippen molar-refractivity contribution in [2.45, 2.75) is 83.1 Å². The highest BCUT2D eigenvalue weighted by Gasteiger charge is 2.40. The van der Waals surface area contributed by atoms with Crippen molar-refractivity contribution in [2.24, 2.45) is 5.92 Å². The number of piperidine rings is 1. The average molecular weight is 388 g/mol. The molecule has 0 radical (unpaired) electrons. The van der Waals surface area contributed by atoms with Crippen LogP contribution in [0.1, 0.15) is 71.0 Å². The summed E-state index contributed by atoms with van der Waals surface area (Å²) >= 11 is 0. The summed E-state index contributed by atoms with van der Waals surface area (Å²) < 4.78 is 11.6. The SMILES string of the molecule is CC1CC(OC(=O)C(OC(=O)C2CCCC2)c2ccccc2)CC(C)(C)N1C. The number of ether oxygens (including phenoxy) is 2. The van der Waals surface area contributed by atoms with Gasteiger partial charge in [-0.05, 0) is 47.1 Å². The standard InChI is InChI=1S/C23H33NO4/c1-16-14-19(15-23(2,3)24(16)4)27-22(26)20(17-10-6-5-7-11-17)28-21(25)18-12-8-9-13-18/h5-7,10-11,16,18-20H,8-9,12-15H2,1-4H3. The van der Waals surface area contributed by atoms with Crippen LogP contribution in [0.15, 0.2) is 30.3 Å². The number of carbonyl (C=O) groups is 2. The number of nitrogens with zero attached hydrogens (tertiary/aromatic N) is 1. The van der Waals surface area contributed by atoms with Crippen LogP contribution in [0.4, 0.5) is 0 Å². The maximum absolute atomic E-state index is 13.0. The molecule has 1 aromatic rings. The average Bonchev–Trinajstić information content (AvgIpc) is 3.19. The quantitative estimate of drug-likeness (QED) is 0.707. The van der Waals surface area contributed by atoms with E-state index in [4.69, 9.17) is 9.47 Å². The molecule has 2 fully saturated rings.